The highest BCUT2D eigenvalue weighted by Gasteiger charge is 2.21. The molecule has 6 nitrogen and oxygen atoms in total. The van der Waals surface area contributed by atoms with Gasteiger partial charge in [-0.25, -0.2) is 17.1 Å². The monoisotopic (exact) mass is 447 g/mol. The van der Waals surface area contributed by atoms with Crippen LogP contribution in [0.2, 0.25) is 10.0 Å². The quantitative estimate of drug-likeness (QED) is 0.705. The topological polar surface area (TPSA) is 69.7 Å². The summed E-state index contributed by atoms with van der Waals surface area (Å²) in [5.41, 5.74) is 0.581. The molecule has 28 heavy (non-hydrogen) atoms. The van der Waals surface area contributed by atoms with Crippen LogP contribution in [0.15, 0.2) is 41.3 Å². The molecule has 0 atom stereocenters. The third-order valence-electron chi connectivity index (χ3n) is 3.88. The molecule has 0 heterocycles. The maximum atomic E-state index is 13.9. The molecule has 0 aliphatic rings. The van der Waals surface area contributed by atoms with Gasteiger partial charge in [0.05, 0.1) is 11.6 Å². The molecule has 2 rings (SSSR count). The molecule has 0 aromatic heterocycles. The minimum absolute atomic E-state index is 0.0525. The predicted molar refractivity (Wildman–Crippen MR) is 109 cm³/mol. The highest BCUT2D eigenvalue weighted by atomic mass is 35.5. The van der Waals surface area contributed by atoms with Crippen molar-refractivity contribution in [1.29, 1.82) is 0 Å². The van der Waals surface area contributed by atoms with Gasteiger partial charge in [0.25, 0.3) is 0 Å². The van der Waals surface area contributed by atoms with E-state index in [4.69, 9.17) is 23.2 Å². The number of nitrogens with zero attached hydrogens (tertiary/aromatic N) is 2. The highest BCUT2D eigenvalue weighted by Crippen LogP contribution is 2.27. The molecule has 0 saturated heterocycles. The third kappa shape index (κ3) is 5.42. The molecule has 0 saturated carbocycles. The standard InChI is InChI=1S/C18H20Cl2FN3O3S/c1-23(2)28(26,27)17-9-12(7-8-15(17)20)22-18(25)11-24(3)10-13-14(19)5-4-6-16(13)21/h4-9H,10-11H2,1-3H3,(H,22,25). The number of likely N-dealkylation sites (N-methyl/N-ethyl adjacent to an activating group) is 1. The molecule has 0 aliphatic carbocycles. The molecular weight excluding hydrogens is 428 g/mol. The molecule has 0 radical (unpaired) electrons. The van der Waals surface area contributed by atoms with Crippen molar-refractivity contribution in [2.45, 2.75) is 11.4 Å². The molecule has 0 bridgehead atoms. The normalized spacial score (nSPS) is 11.9. The molecule has 1 amide bonds. The Morgan fingerprint density at radius 1 is 1.11 bits per heavy atom. The number of hydrogen-bond acceptors (Lipinski definition) is 4. The number of amides is 1. The molecule has 152 valence electrons. The summed E-state index contributed by atoms with van der Waals surface area (Å²) in [6.07, 6.45) is 0. The van der Waals surface area contributed by atoms with E-state index in [1.165, 1.54) is 44.4 Å². The fraction of sp³-hybridized carbons (Fsp3) is 0.278. The van der Waals surface area contributed by atoms with Gasteiger partial charge < -0.3 is 5.32 Å². The van der Waals surface area contributed by atoms with Crippen molar-refractivity contribution in [3.63, 3.8) is 0 Å². The molecule has 1 N–H and O–H groups in total. The van der Waals surface area contributed by atoms with Gasteiger partial charge in [-0.05, 0) is 37.4 Å². The largest absolute Gasteiger partial charge is 0.325 e. The third-order valence-corrected chi connectivity index (χ3v) is 6.53. The Morgan fingerprint density at radius 3 is 2.39 bits per heavy atom. The van der Waals surface area contributed by atoms with Crippen LogP contribution in [-0.4, -0.2) is 51.2 Å². The summed E-state index contributed by atoms with van der Waals surface area (Å²) >= 11 is 12.0. The van der Waals surface area contributed by atoms with Crippen LogP contribution >= 0.6 is 23.2 Å². The smallest absolute Gasteiger partial charge is 0.244 e. The SMILES string of the molecule is CN(CC(=O)Nc1ccc(Cl)c(S(=O)(=O)N(C)C)c1)Cc1c(F)cccc1Cl. The Morgan fingerprint density at radius 2 is 1.79 bits per heavy atom. The van der Waals surface area contributed by atoms with Crippen molar-refractivity contribution in [3.8, 4) is 0 Å². The van der Waals surface area contributed by atoms with E-state index in [0.29, 0.717) is 5.56 Å². The number of benzene rings is 2. The summed E-state index contributed by atoms with van der Waals surface area (Å²) in [5, 5.41) is 2.95. The highest BCUT2D eigenvalue weighted by molar-refractivity contribution is 7.89. The maximum absolute atomic E-state index is 13.9. The zero-order valence-corrected chi connectivity index (χ0v) is 17.9. The molecule has 2 aromatic rings. The lowest BCUT2D eigenvalue weighted by Gasteiger charge is -2.18. The molecule has 0 spiro atoms. The number of carbonyl (C=O) groups is 1. The van der Waals surface area contributed by atoms with E-state index >= 15 is 0 Å². The van der Waals surface area contributed by atoms with Crippen LogP contribution < -0.4 is 5.32 Å². The lowest BCUT2D eigenvalue weighted by atomic mass is 10.2. The number of anilines is 1. The number of carbonyl (C=O) groups excluding carboxylic acids is 1. The molecule has 0 aliphatic heterocycles. The van der Waals surface area contributed by atoms with Gasteiger partial charge in [0.15, 0.2) is 0 Å². The zero-order valence-electron chi connectivity index (χ0n) is 15.5. The average Bonchev–Trinajstić information content (AvgIpc) is 2.59. The first-order valence-corrected chi connectivity index (χ1v) is 10.4. The van der Waals surface area contributed by atoms with E-state index in [0.717, 1.165) is 4.31 Å². The van der Waals surface area contributed by atoms with E-state index in [-0.39, 0.29) is 33.7 Å². The Kier molecular flexibility index (Phi) is 7.41. The van der Waals surface area contributed by atoms with Crippen LogP contribution in [0, 0.1) is 5.82 Å². The molecular formula is C18H20Cl2FN3O3S. The first kappa shape index (κ1) is 22.6. The van der Waals surface area contributed by atoms with Gasteiger partial charge in [0.2, 0.25) is 15.9 Å². The summed E-state index contributed by atoms with van der Waals surface area (Å²) in [6.45, 7) is 0.0862. The van der Waals surface area contributed by atoms with E-state index in [2.05, 4.69) is 5.32 Å². The van der Waals surface area contributed by atoms with Crippen LogP contribution in [0.3, 0.4) is 0 Å². The van der Waals surface area contributed by atoms with Crippen LogP contribution in [0.5, 0.6) is 0 Å². The Labute approximate surface area is 173 Å². The molecule has 0 unspecified atom stereocenters. The van der Waals surface area contributed by atoms with Crippen LogP contribution in [0.1, 0.15) is 5.56 Å². The van der Waals surface area contributed by atoms with E-state index in [9.17, 15) is 17.6 Å². The predicted octanol–water partition coefficient (Wildman–Crippen LogP) is 3.45. The van der Waals surface area contributed by atoms with Crippen molar-refractivity contribution in [1.82, 2.24) is 9.21 Å². The lowest BCUT2D eigenvalue weighted by Crippen LogP contribution is -2.30. The average molecular weight is 448 g/mol. The van der Waals surface area contributed by atoms with Crippen LogP contribution in [0.4, 0.5) is 10.1 Å². The lowest BCUT2D eigenvalue weighted by molar-refractivity contribution is -0.117. The van der Waals surface area contributed by atoms with Crippen LogP contribution in [-0.2, 0) is 21.4 Å². The summed E-state index contributed by atoms with van der Waals surface area (Å²) in [7, 11) is 0.666. The van der Waals surface area contributed by atoms with E-state index in [1.54, 1.807) is 18.0 Å². The zero-order chi connectivity index (χ0) is 21.1. The number of hydrogen-bond donors (Lipinski definition) is 1. The fourth-order valence-electron chi connectivity index (χ4n) is 2.43. The van der Waals surface area contributed by atoms with Gasteiger partial charge >= 0.3 is 0 Å². The van der Waals surface area contributed by atoms with Crippen molar-refractivity contribution >= 4 is 44.8 Å². The first-order valence-electron chi connectivity index (χ1n) is 8.15. The summed E-state index contributed by atoms with van der Waals surface area (Å²) in [6, 6.07) is 8.58. The molecule has 2 aromatic carbocycles. The number of rotatable bonds is 7. The van der Waals surface area contributed by atoms with Gasteiger partial charge in [-0.1, -0.05) is 29.3 Å². The minimum Gasteiger partial charge on any atom is -0.325 e. The summed E-state index contributed by atoms with van der Waals surface area (Å²) in [5.74, 6) is -0.846. The number of nitrogens with one attached hydrogen (secondary N) is 1. The Balaban J connectivity index is 2.09. The second-order valence-corrected chi connectivity index (χ2v) is 9.29. The van der Waals surface area contributed by atoms with E-state index < -0.39 is 21.7 Å². The Hall–Kier alpha value is -1.71. The Bertz CT molecular complexity index is 964. The van der Waals surface area contributed by atoms with E-state index in [1.807, 2.05) is 0 Å². The van der Waals surface area contributed by atoms with Gasteiger partial charge in [-0.15, -0.1) is 0 Å². The first-order chi connectivity index (χ1) is 13.0. The van der Waals surface area contributed by atoms with Gasteiger partial charge in [0, 0.05) is 36.9 Å². The van der Waals surface area contributed by atoms with Crippen LogP contribution in [0.25, 0.3) is 0 Å². The number of halogens is 3. The summed E-state index contributed by atoms with van der Waals surface area (Å²) in [4.78, 5) is 13.8. The van der Waals surface area contributed by atoms with Crippen molar-refractivity contribution in [2.24, 2.45) is 0 Å². The second kappa shape index (κ2) is 9.19. The second-order valence-electron chi connectivity index (χ2n) is 6.35. The van der Waals surface area contributed by atoms with Crippen molar-refractivity contribution < 1.29 is 17.6 Å². The maximum Gasteiger partial charge on any atom is 0.244 e. The molecule has 10 heteroatoms. The van der Waals surface area contributed by atoms with Gasteiger partial charge in [-0.2, -0.15) is 0 Å². The van der Waals surface area contributed by atoms with Gasteiger partial charge in [-0.3, -0.25) is 9.69 Å². The number of sulfonamides is 1. The van der Waals surface area contributed by atoms with Crippen molar-refractivity contribution in [3.05, 3.63) is 57.8 Å². The fourth-order valence-corrected chi connectivity index (χ4v) is 4.05. The van der Waals surface area contributed by atoms with Crippen molar-refractivity contribution in [2.75, 3.05) is 33.0 Å². The molecule has 0 fully saturated rings. The summed E-state index contributed by atoms with van der Waals surface area (Å²) < 4.78 is 39.5. The van der Waals surface area contributed by atoms with Gasteiger partial charge in [0.1, 0.15) is 10.7 Å². The minimum atomic E-state index is -3.76.